The van der Waals surface area contributed by atoms with Crippen LogP contribution in [0.5, 0.6) is 5.75 Å². The number of carbonyl (C=O) groups is 1. The lowest BCUT2D eigenvalue weighted by Crippen LogP contribution is -2.47. The van der Waals surface area contributed by atoms with E-state index in [0.717, 1.165) is 73.3 Å². The van der Waals surface area contributed by atoms with Gasteiger partial charge in [0.05, 0.1) is 17.7 Å². The number of benzene rings is 2. The highest BCUT2D eigenvalue weighted by Gasteiger charge is 2.36. The molecule has 2 aromatic carbocycles. The lowest BCUT2D eigenvalue weighted by Gasteiger charge is -2.38. The van der Waals surface area contributed by atoms with Crippen molar-refractivity contribution in [3.63, 3.8) is 0 Å². The number of fused-ring (bicyclic) bond motifs is 1. The molecule has 4 heterocycles. The summed E-state index contributed by atoms with van der Waals surface area (Å²) in [5.41, 5.74) is 7.02. The molecule has 0 spiro atoms. The number of hydrogen-bond acceptors (Lipinski definition) is 8. The van der Waals surface area contributed by atoms with Crippen LogP contribution in [0.15, 0.2) is 41.8 Å². The predicted octanol–water partition coefficient (Wildman–Crippen LogP) is 5.94. The Hall–Kier alpha value is -2.98. The smallest absolute Gasteiger partial charge is 0.309 e. The SMILES string of the molecule is CO[C@H]1CN(c2nc(-c3cccc(C)c3OCc3ccc4c(c3)C(C)(C)CN(C3CCOCC3)CC4)cs2)CC[C@H]1C(=O)O. The standard InChI is InChI=1S/C35H45N3O5S/c1-23-6-5-7-27(30-21-44-34(36-30)37-15-11-28(33(39)40)31(19-37)41-4)32(23)43-20-24-8-9-25-10-14-38(26-12-16-42-17-13-26)22-35(2,3)29(25)18-24/h5-9,18,21,26,28,31H,10-17,19-20,22H2,1-4H3,(H,39,40)/t28-,31+/m1/s1. The van der Waals surface area contributed by atoms with Crippen LogP contribution in [-0.4, -0.2) is 79.6 Å². The Morgan fingerprint density at radius 2 is 1.98 bits per heavy atom. The molecule has 1 aromatic heterocycles. The number of aliphatic carboxylic acids is 1. The lowest BCUT2D eigenvalue weighted by atomic mass is 9.80. The maximum atomic E-state index is 11.6. The average molecular weight is 620 g/mol. The van der Waals surface area contributed by atoms with Gasteiger partial charge in [-0.05, 0) is 60.9 Å². The van der Waals surface area contributed by atoms with E-state index in [4.69, 9.17) is 19.2 Å². The Morgan fingerprint density at radius 1 is 1.16 bits per heavy atom. The topological polar surface area (TPSA) is 84.4 Å². The molecule has 0 saturated carbocycles. The van der Waals surface area contributed by atoms with Gasteiger partial charge in [0.15, 0.2) is 5.13 Å². The number of hydrogen-bond donors (Lipinski definition) is 1. The second-order valence-electron chi connectivity index (χ2n) is 13.1. The van der Waals surface area contributed by atoms with Crippen molar-refractivity contribution in [3.8, 4) is 17.0 Å². The van der Waals surface area contributed by atoms with Crippen molar-refractivity contribution in [1.29, 1.82) is 0 Å². The number of ether oxygens (including phenoxy) is 3. The molecule has 3 aliphatic rings. The molecule has 1 N–H and O–H groups in total. The van der Waals surface area contributed by atoms with Gasteiger partial charge in [-0.2, -0.15) is 0 Å². The molecule has 2 atom stereocenters. The van der Waals surface area contributed by atoms with Gasteiger partial charge in [0.2, 0.25) is 0 Å². The van der Waals surface area contributed by atoms with Crippen LogP contribution in [0, 0.1) is 12.8 Å². The molecule has 0 bridgehead atoms. The van der Waals surface area contributed by atoms with Gasteiger partial charge in [-0.1, -0.05) is 44.2 Å². The van der Waals surface area contributed by atoms with Gasteiger partial charge in [0.1, 0.15) is 12.4 Å². The number of carboxylic acid groups (broad SMARTS) is 1. The van der Waals surface area contributed by atoms with Crippen molar-refractivity contribution < 1.29 is 24.1 Å². The van der Waals surface area contributed by atoms with Gasteiger partial charge in [0.25, 0.3) is 0 Å². The summed E-state index contributed by atoms with van der Waals surface area (Å²) in [7, 11) is 1.58. The van der Waals surface area contributed by atoms with Crippen LogP contribution in [0.4, 0.5) is 5.13 Å². The molecule has 2 fully saturated rings. The number of aryl methyl sites for hydroxylation is 1. The highest BCUT2D eigenvalue weighted by molar-refractivity contribution is 7.14. The molecular formula is C35H45N3O5S. The normalized spacial score (nSPS) is 22.8. The fraction of sp³-hybridized carbons (Fsp3) is 0.543. The van der Waals surface area contributed by atoms with E-state index in [2.05, 4.69) is 66.3 Å². The minimum absolute atomic E-state index is 0.0474. The molecule has 0 amide bonds. The second kappa shape index (κ2) is 13.2. The summed E-state index contributed by atoms with van der Waals surface area (Å²) in [5, 5.41) is 12.5. The van der Waals surface area contributed by atoms with E-state index < -0.39 is 11.9 Å². The Morgan fingerprint density at radius 3 is 2.75 bits per heavy atom. The first-order valence-corrected chi connectivity index (χ1v) is 16.7. The zero-order valence-electron chi connectivity index (χ0n) is 26.4. The number of methoxy groups -OCH3 is 1. The molecule has 2 saturated heterocycles. The van der Waals surface area contributed by atoms with Crippen molar-refractivity contribution >= 4 is 22.4 Å². The number of anilines is 1. The Balaban J connectivity index is 1.17. The van der Waals surface area contributed by atoms with Crippen molar-refractivity contribution in [2.75, 3.05) is 51.4 Å². The molecule has 9 heteroatoms. The first-order valence-electron chi connectivity index (χ1n) is 15.9. The predicted molar refractivity (Wildman–Crippen MR) is 174 cm³/mol. The summed E-state index contributed by atoms with van der Waals surface area (Å²) < 4.78 is 17.8. The third kappa shape index (κ3) is 6.52. The van der Waals surface area contributed by atoms with Crippen molar-refractivity contribution in [1.82, 2.24) is 9.88 Å². The van der Waals surface area contributed by atoms with Gasteiger partial charge in [-0.15, -0.1) is 11.3 Å². The van der Waals surface area contributed by atoms with Crippen LogP contribution in [-0.2, 0) is 32.7 Å². The molecule has 3 aromatic rings. The van der Waals surface area contributed by atoms with E-state index in [9.17, 15) is 9.90 Å². The summed E-state index contributed by atoms with van der Waals surface area (Å²) in [6, 6.07) is 13.7. The second-order valence-corrected chi connectivity index (χ2v) is 14.0. The molecule has 0 aliphatic carbocycles. The van der Waals surface area contributed by atoms with E-state index in [0.29, 0.717) is 32.2 Å². The summed E-state index contributed by atoms with van der Waals surface area (Å²) >= 11 is 1.57. The largest absolute Gasteiger partial charge is 0.488 e. The van der Waals surface area contributed by atoms with E-state index in [-0.39, 0.29) is 11.5 Å². The molecule has 8 nitrogen and oxygen atoms in total. The monoisotopic (exact) mass is 619 g/mol. The van der Waals surface area contributed by atoms with Gasteiger partial charge in [-0.3, -0.25) is 9.69 Å². The number of aromatic nitrogens is 1. The van der Waals surface area contributed by atoms with E-state index in [1.54, 1.807) is 18.4 Å². The highest BCUT2D eigenvalue weighted by Crippen LogP contribution is 2.38. The quantitative estimate of drug-likeness (QED) is 0.332. The van der Waals surface area contributed by atoms with Crippen LogP contribution >= 0.6 is 11.3 Å². The summed E-state index contributed by atoms with van der Waals surface area (Å²) in [6.07, 6.45) is 3.50. The maximum absolute atomic E-state index is 11.6. The van der Waals surface area contributed by atoms with Crippen LogP contribution < -0.4 is 9.64 Å². The molecule has 0 radical (unpaired) electrons. The van der Waals surface area contributed by atoms with Gasteiger partial charge < -0.3 is 24.2 Å². The fourth-order valence-corrected chi connectivity index (χ4v) is 8.07. The molecule has 236 valence electrons. The maximum Gasteiger partial charge on any atom is 0.309 e. The zero-order valence-corrected chi connectivity index (χ0v) is 27.2. The van der Waals surface area contributed by atoms with Crippen LogP contribution in [0.1, 0.15) is 55.4 Å². The van der Waals surface area contributed by atoms with E-state index in [1.807, 2.05) is 6.07 Å². The minimum atomic E-state index is -0.798. The van der Waals surface area contributed by atoms with E-state index in [1.165, 1.54) is 16.7 Å². The number of piperidine rings is 1. The van der Waals surface area contributed by atoms with Gasteiger partial charge >= 0.3 is 5.97 Å². The van der Waals surface area contributed by atoms with Crippen LogP contribution in [0.25, 0.3) is 11.3 Å². The first kappa shape index (κ1) is 31.0. The minimum Gasteiger partial charge on any atom is -0.488 e. The highest BCUT2D eigenvalue weighted by atomic mass is 32.1. The molecular weight excluding hydrogens is 574 g/mol. The Bertz CT molecular complexity index is 1470. The molecule has 3 aliphatic heterocycles. The van der Waals surface area contributed by atoms with Crippen LogP contribution in [0.2, 0.25) is 0 Å². The van der Waals surface area contributed by atoms with E-state index >= 15 is 0 Å². The van der Waals surface area contributed by atoms with Crippen LogP contribution in [0.3, 0.4) is 0 Å². The number of thiazole rings is 1. The Labute approximate surface area is 265 Å². The summed E-state index contributed by atoms with van der Waals surface area (Å²) in [5.74, 6) is -0.437. The zero-order chi connectivity index (χ0) is 30.8. The summed E-state index contributed by atoms with van der Waals surface area (Å²) in [6.45, 7) is 12.4. The fourth-order valence-electron chi connectivity index (χ4n) is 7.21. The molecule has 0 unspecified atom stereocenters. The third-order valence-corrected chi connectivity index (χ3v) is 10.6. The van der Waals surface area contributed by atoms with Gasteiger partial charge in [0, 0.05) is 68.9 Å². The first-order chi connectivity index (χ1) is 21.2. The number of para-hydroxylation sites is 1. The van der Waals surface area contributed by atoms with Crippen molar-refractivity contribution in [2.24, 2.45) is 5.92 Å². The lowest BCUT2D eigenvalue weighted by molar-refractivity contribution is -0.147. The molecule has 44 heavy (non-hydrogen) atoms. The van der Waals surface area contributed by atoms with Crippen molar-refractivity contribution in [2.45, 2.75) is 70.6 Å². The summed E-state index contributed by atoms with van der Waals surface area (Å²) in [4.78, 5) is 21.5. The third-order valence-electron chi connectivity index (χ3n) is 9.69. The Kier molecular flexibility index (Phi) is 9.29. The number of rotatable bonds is 8. The van der Waals surface area contributed by atoms with Crippen molar-refractivity contribution in [3.05, 3.63) is 64.0 Å². The van der Waals surface area contributed by atoms with Gasteiger partial charge in [-0.25, -0.2) is 4.98 Å². The molecule has 6 rings (SSSR count). The average Bonchev–Trinajstić information content (AvgIpc) is 3.48. The number of carboxylic acids is 1. The number of nitrogens with zero attached hydrogens (tertiary/aromatic N) is 3.